The zero-order valence-corrected chi connectivity index (χ0v) is 12.6. The lowest BCUT2D eigenvalue weighted by Crippen LogP contribution is -2.16. The number of aromatic nitrogens is 4. The van der Waals surface area contributed by atoms with E-state index in [1.54, 1.807) is 7.11 Å². The summed E-state index contributed by atoms with van der Waals surface area (Å²) in [5, 5.41) is 4.33. The third-order valence-electron chi connectivity index (χ3n) is 2.95. The average Bonchev–Trinajstić information content (AvgIpc) is 2.91. The normalized spacial score (nSPS) is 12.0. The van der Waals surface area contributed by atoms with E-state index >= 15 is 0 Å². The first-order valence-electron chi connectivity index (χ1n) is 6.26. The van der Waals surface area contributed by atoms with Gasteiger partial charge in [-0.3, -0.25) is 9.25 Å². The van der Waals surface area contributed by atoms with E-state index in [2.05, 4.69) is 30.9 Å². The summed E-state index contributed by atoms with van der Waals surface area (Å²) in [4.78, 5) is 3.11. The molecule has 0 spiro atoms. The minimum absolute atomic E-state index is 0.0161. The zero-order valence-electron chi connectivity index (χ0n) is 11.8. The van der Waals surface area contributed by atoms with Crippen LogP contribution in [0, 0.1) is 4.77 Å². The molecule has 6 heteroatoms. The maximum atomic E-state index is 5.37. The predicted octanol–water partition coefficient (Wildman–Crippen LogP) is 2.68. The lowest BCUT2D eigenvalue weighted by molar-refractivity contribution is 0.183. The lowest BCUT2D eigenvalue weighted by Gasteiger charge is -2.19. The first kappa shape index (κ1) is 14.0. The summed E-state index contributed by atoms with van der Waals surface area (Å²) < 4.78 is 9.64. The Morgan fingerprint density at radius 1 is 1.42 bits per heavy atom. The van der Waals surface area contributed by atoms with Crippen LogP contribution in [-0.2, 0) is 16.7 Å². The summed E-state index contributed by atoms with van der Waals surface area (Å²) in [7, 11) is 1.68. The molecule has 0 aliphatic heterocycles. The van der Waals surface area contributed by atoms with Crippen LogP contribution in [0.2, 0.25) is 0 Å². The van der Waals surface area contributed by atoms with Gasteiger partial charge < -0.3 is 9.72 Å². The molecule has 0 aromatic carbocycles. The number of nitrogens with one attached hydrogen (secondary N) is 1. The fourth-order valence-electron chi connectivity index (χ4n) is 1.95. The van der Waals surface area contributed by atoms with Crippen molar-refractivity contribution in [3.05, 3.63) is 29.1 Å². The summed E-state index contributed by atoms with van der Waals surface area (Å²) in [6.07, 6.45) is 5.78. The molecule has 0 radical (unpaired) electrons. The van der Waals surface area contributed by atoms with Crippen LogP contribution in [0.5, 0.6) is 0 Å². The van der Waals surface area contributed by atoms with Gasteiger partial charge in [-0.05, 0) is 12.2 Å². The summed E-state index contributed by atoms with van der Waals surface area (Å²) in [5.41, 5.74) is 2.14. The van der Waals surface area contributed by atoms with Gasteiger partial charge in [0.25, 0.3) is 0 Å². The van der Waals surface area contributed by atoms with Gasteiger partial charge in [0.2, 0.25) is 0 Å². The van der Waals surface area contributed by atoms with E-state index < -0.39 is 0 Å². The molecule has 0 aliphatic carbocycles. The molecule has 0 aliphatic rings. The lowest BCUT2D eigenvalue weighted by atomic mass is 9.92. The van der Waals surface area contributed by atoms with Crippen molar-refractivity contribution in [3.63, 3.8) is 0 Å². The Balaban J connectivity index is 2.39. The Morgan fingerprint density at radius 2 is 2.16 bits per heavy atom. The molecule has 0 amide bonds. The van der Waals surface area contributed by atoms with Crippen LogP contribution in [0.4, 0.5) is 0 Å². The second kappa shape index (κ2) is 5.30. The number of hydrogen-bond donors (Lipinski definition) is 1. The fourth-order valence-corrected chi connectivity index (χ4v) is 2.21. The number of aromatic amines is 1. The van der Waals surface area contributed by atoms with Crippen molar-refractivity contribution in [2.45, 2.75) is 32.7 Å². The molecule has 104 valence electrons. The minimum atomic E-state index is 0.0161. The van der Waals surface area contributed by atoms with Crippen LogP contribution >= 0.6 is 12.2 Å². The number of imidazole rings is 1. The molecule has 5 nitrogen and oxygen atoms in total. The van der Waals surface area contributed by atoms with E-state index in [0.717, 1.165) is 17.9 Å². The van der Waals surface area contributed by atoms with Gasteiger partial charge in [-0.2, -0.15) is 5.10 Å². The van der Waals surface area contributed by atoms with Gasteiger partial charge in [-0.1, -0.05) is 20.8 Å². The number of rotatable bonds is 4. The van der Waals surface area contributed by atoms with E-state index in [9.17, 15) is 0 Å². The SMILES string of the molecule is COCCn1cc(-n2c(C(C)(C)C)c[nH]c2=S)cn1. The second-order valence-corrected chi connectivity index (χ2v) is 5.91. The number of H-pyrrole nitrogens is 1. The van der Waals surface area contributed by atoms with E-state index in [1.165, 1.54) is 0 Å². The Bertz CT molecular complexity index is 603. The molecular formula is C13H20N4OS. The molecule has 2 aromatic rings. The maximum Gasteiger partial charge on any atom is 0.182 e. The van der Waals surface area contributed by atoms with E-state index in [0.29, 0.717) is 11.4 Å². The van der Waals surface area contributed by atoms with Gasteiger partial charge >= 0.3 is 0 Å². The Hall–Kier alpha value is -1.40. The van der Waals surface area contributed by atoms with Gasteiger partial charge in [0.05, 0.1) is 25.0 Å². The van der Waals surface area contributed by atoms with Gasteiger partial charge in [-0.15, -0.1) is 0 Å². The molecule has 2 aromatic heterocycles. The highest BCUT2D eigenvalue weighted by atomic mass is 32.1. The first-order valence-corrected chi connectivity index (χ1v) is 6.67. The number of ether oxygens (including phenoxy) is 1. The molecule has 0 atom stereocenters. The van der Waals surface area contributed by atoms with Crippen molar-refractivity contribution in [1.82, 2.24) is 19.3 Å². The summed E-state index contributed by atoms with van der Waals surface area (Å²) in [6, 6.07) is 0. The van der Waals surface area contributed by atoms with Crippen molar-refractivity contribution in [1.29, 1.82) is 0 Å². The molecular weight excluding hydrogens is 260 g/mol. The van der Waals surface area contributed by atoms with Crippen LogP contribution in [-0.4, -0.2) is 33.0 Å². The van der Waals surface area contributed by atoms with E-state index in [1.807, 2.05) is 27.8 Å². The predicted molar refractivity (Wildman–Crippen MR) is 77.3 cm³/mol. The highest BCUT2D eigenvalue weighted by Crippen LogP contribution is 2.25. The van der Waals surface area contributed by atoms with Crippen molar-refractivity contribution < 1.29 is 4.74 Å². The molecule has 0 bridgehead atoms. The Labute approximate surface area is 118 Å². The van der Waals surface area contributed by atoms with Gasteiger partial charge in [0.15, 0.2) is 4.77 Å². The average molecular weight is 280 g/mol. The molecule has 0 saturated heterocycles. The monoisotopic (exact) mass is 280 g/mol. The van der Waals surface area contributed by atoms with Crippen LogP contribution in [0.3, 0.4) is 0 Å². The molecule has 0 unspecified atom stereocenters. The van der Waals surface area contributed by atoms with Crippen LogP contribution < -0.4 is 0 Å². The maximum absolute atomic E-state index is 5.37. The highest BCUT2D eigenvalue weighted by Gasteiger charge is 2.20. The number of hydrogen-bond acceptors (Lipinski definition) is 3. The molecule has 0 fully saturated rings. The minimum Gasteiger partial charge on any atom is -0.383 e. The van der Waals surface area contributed by atoms with Crippen molar-refractivity contribution in [2.75, 3.05) is 13.7 Å². The standard InChI is InChI=1S/C13H20N4OS/c1-13(2,3)11-8-14-12(19)17(11)10-7-15-16(9-10)5-6-18-4/h7-9H,5-6H2,1-4H3,(H,14,19). The smallest absolute Gasteiger partial charge is 0.182 e. The summed E-state index contributed by atoms with van der Waals surface area (Å²) in [5.74, 6) is 0. The van der Waals surface area contributed by atoms with Crippen LogP contribution in [0.1, 0.15) is 26.5 Å². The van der Waals surface area contributed by atoms with Crippen molar-refractivity contribution in [2.24, 2.45) is 0 Å². The number of methoxy groups -OCH3 is 1. The summed E-state index contributed by atoms with van der Waals surface area (Å²) >= 11 is 5.37. The Kier molecular flexibility index (Phi) is 3.91. The molecule has 2 heterocycles. The Morgan fingerprint density at radius 3 is 2.79 bits per heavy atom. The van der Waals surface area contributed by atoms with E-state index in [-0.39, 0.29) is 5.41 Å². The molecule has 1 N–H and O–H groups in total. The molecule has 2 rings (SSSR count). The highest BCUT2D eigenvalue weighted by molar-refractivity contribution is 7.71. The van der Waals surface area contributed by atoms with E-state index in [4.69, 9.17) is 17.0 Å². The van der Waals surface area contributed by atoms with Crippen molar-refractivity contribution >= 4 is 12.2 Å². The quantitative estimate of drug-likeness (QED) is 0.876. The third-order valence-corrected chi connectivity index (χ3v) is 3.25. The molecule has 19 heavy (non-hydrogen) atoms. The second-order valence-electron chi connectivity index (χ2n) is 5.52. The van der Waals surface area contributed by atoms with Crippen LogP contribution in [0.15, 0.2) is 18.6 Å². The molecule has 0 saturated carbocycles. The third kappa shape index (κ3) is 2.96. The van der Waals surface area contributed by atoms with Crippen LogP contribution in [0.25, 0.3) is 5.69 Å². The summed E-state index contributed by atoms with van der Waals surface area (Å²) in [6.45, 7) is 7.87. The topological polar surface area (TPSA) is 47.8 Å². The van der Waals surface area contributed by atoms with Gasteiger partial charge in [0.1, 0.15) is 0 Å². The largest absolute Gasteiger partial charge is 0.383 e. The van der Waals surface area contributed by atoms with Gasteiger partial charge in [0, 0.05) is 30.6 Å². The number of nitrogens with zero attached hydrogens (tertiary/aromatic N) is 3. The van der Waals surface area contributed by atoms with Crippen molar-refractivity contribution in [3.8, 4) is 5.69 Å². The van der Waals surface area contributed by atoms with Gasteiger partial charge in [-0.25, -0.2) is 0 Å². The first-order chi connectivity index (χ1) is 8.93. The fraction of sp³-hybridized carbons (Fsp3) is 0.538. The zero-order chi connectivity index (χ0) is 14.0.